The van der Waals surface area contributed by atoms with E-state index < -0.39 is 5.91 Å². The van der Waals surface area contributed by atoms with E-state index in [0.717, 1.165) is 24.8 Å². The van der Waals surface area contributed by atoms with Gasteiger partial charge in [0.15, 0.2) is 18.1 Å². The summed E-state index contributed by atoms with van der Waals surface area (Å²) in [7, 11) is 1.46. The van der Waals surface area contributed by atoms with Crippen molar-refractivity contribution in [2.45, 2.75) is 25.3 Å². The van der Waals surface area contributed by atoms with Crippen LogP contribution in [-0.2, 0) is 11.2 Å². The SMILES string of the molecule is COc1cccc(C(N)=O)c1OCC(=O)N[C@@H]1CCCc2ccccc21. The van der Waals surface area contributed by atoms with Gasteiger partial charge >= 0.3 is 0 Å². The van der Waals surface area contributed by atoms with Crippen LogP contribution in [-0.4, -0.2) is 25.5 Å². The first-order valence-electron chi connectivity index (χ1n) is 8.57. The van der Waals surface area contributed by atoms with Crippen molar-refractivity contribution in [3.63, 3.8) is 0 Å². The van der Waals surface area contributed by atoms with Gasteiger partial charge in [-0.15, -0.1) is 0 Å². The standard InChI is InChI=1S/C20H22N2O4/c1-25-17-11-5-9-15(20(21)24)19(17)26-12-18(23)22-16-10-4-7-13-6-2-3-8-14(13)16/h2-3,5-6,8-9,11,16H,4,7,10,12H2,1H3,(H2,21,24)(H,22,23)/t16-/m1/s1. The minimum Gasteiger partial charge on any atom is -0.493 e. The van der Waals surface area contributed by atoms with Crippen LogP contribution in [0.1, 0.15) is 40.4 Å². The van der Waals surface area contributed by atoms with Gasteiger partial charge in [-0.25, -0.2) is 0 Å². The van der Waals surface area contributed by atoms with Crippen LogP contribution in [0.3, 0.4) is 0 Å². The van der Waals surface area contributed by atoms with Gasteiger partial charge in [-0.1, -0.05) is 30.3 Å². The molecule has 6 heteroatoms. The second-order valence-corrected chi connectivity index (χ2v) is 6.20. The van der Waals surface area contributed by atoms with Crippen molar-refractivity contribution in [1.29, 1.82) is 0 Å². The summed E-state index contributed by atoms with van der Waals surface area (Å²) in [5, 5.41) is 3.01. The van der Waals surface area contributed by atoms with Gasteiger partial charge in [-0.2, -0.15) is 0 Å². The second kappa shape index (κ2) is 7.91. The molecule has 0 aromatic heterocycles. The third kappa shape index (κ3) is 3.79. The molecule has 0 bridgehead atoms. The van der Waals surface area contributed by atoms with Crippen molar-refractivity contribution in [3.8, 4) is 11.5 Å². The molecule has 0 radical (unpaired) electrons. The average Bonchev–Trinajstić information content (AvgIpc) is 2.66. The predicted molar refractivity (Wildman–Crippen MR) is 97.3 cm³/mol. The number of nitrogens with one attached hydrogen (secondary N) is 1. The number of amides is 2. The van der Waals surface area contributed by atoms with Crippen LogP contribution >= 0.6 is 0 Å². The molecular weight excluding hydrogens is 332 g/mol. The van der Waals surface area contributed by atoms with Crippen LogP contribution in [0.25, 0.3) is 0 Å². The lowest BCUT2D eigenvalue weighted by atomic mass is 9.88. The number of nitrogens with two attached hydrogens (primary N) is 1. The van der Waals surface area contributed by atoms with Crippen LogP contribution in [0.5, 0.6) is 11.5 Å². The van der Waals surface area contributed by atoms with Crippen LogP contribution in [0.15, 0.2) is 42.5 Å². The Morgan fingerprint density at radius 2 is 2.00 bits per heavy atom. The molecule has 1 aliphatic carbocycles. The first-order chi connectivity index (χ1) is 12.6. The Morgan fingerprint density at radius 3 is 2.77 bits per heavy atom. The molecule has 0 saturated heterocycles. The second-order valence-electron chi connectivity index (χ2n) is 6.20. The Kier molecular flexibility index (Phi) is 5.41. The monoisotopic (exact) mass is 354 g/mol. The number of ether oxygens (including phenoxy) is 2. The van der Waals surface area contributed by atoms with E-state index in [4.69, 9.17) is 15.2 Å². The summed E-state index contributed by atoms with van der Waals surface area (Å²) >= 11 is 0. The van der Waals surface area contributed by atoms with Crippen molar-refractivity contribution in [1.82, 2.24) is 5.32 Å². The number of fused-ring (bicyclic) bond motifs is 1. The number of carbonyl (C=O) groups excluding carboxylic acids is 2. The van der Waals surface area contributed by atoms with Crippen LogP contribution in [0, 0.1) is 0 Å². The Bertz CT molecular complexity index is 819. The minimum absolute atomic E-state index is 0.0238. The van der Waals surface area contributed by atoms with E-state index in [0.29, 0.717) is 5.75 Å². The fourth-order valence-corrected chi connectivity index (χ4v) is 3.30. The molecule has 1 aliphatic rings. The Morgan fingerprint density at radius 1 is 1.19 bits per heavy atom. The number of methoxy groups -OCH3 is 1. The highest BCUT2D eigenvalue weighted by Gasteiger charge is 2.22. The van der Waals surface area contributed by atoms with Crippen molar-refractivity contribution in [2.75, 3.05) is 13.7 Å². The van der Waals surface area contributed by atoms with Gasteiger partial charge in [-0.3, -0.25) is 9.59 Å². The summed E-state index contributed by atoms with van der Waals surface area (Å²) in [5.74, 6) is -0.354. The van der Waals surface area contributed by atoms with Crippen molar-refractivity contribution in [2.24, 2.45) is 5.73 Å². The highest BCUT2D eigenvalue weighted by molar-refractivity contribution is 5.96. The first-order valence-corrected chi connectivity index (χ1v) is 8.57. The Balaban J connectivity index is 1.68. The highest BCUT2D eigenvalue weighted by atomic mass is 16.5. The molecule has 2 amide bonds. The number of hydrogen-bond donors (Lipinski definition) is 2. The van der Waals surface area contributed by atoms with Gasteiger partial charge in [0.2, 0.25) is 0 Å². The molecule has 136 valence electrons. The molecule has 3 N–H and O–H groups in total. The molecule has 3 rings (SSSR count). The molecule has 0 saturated carbocycles. The molecule has 0 aliphatic heterocycles. The largest absolute Gasteiger partial charge is 0.493 e. The van der Waals surface area contributed by atoms with Gasteiger partial charge in [0, 0.05) is 0 Å². The number of benzene rings is 2. The summed E-state index contributed by atoms with van der Waals surface area (Å²) in [6.45, 7) is -0.223. The lowest BCUT2D eigenvalue weighted by Gasteiger charge is -2.26. The molecule has 2 aromatic rings. The van der Waals surface area contributed by atoms with E-state index in [2.05, 4.69) is 11.4 Å². The molecule has 1 atom stereocenters. The lowest BCUT2D eigenvalue weighted by molar-refractivity contribution is -0.124. The number of primary amides is 1. The molecule has 0 fully saturated rings. The first kappa shape index (κ1) is 17.8. The maximum atomic E-state index is 12.4. The summed E-state index contributed by atoms with van der Waals surface area (Å²) < 4.78 is 10.8. The van der Waals surface area contributed by atoms with Crippen molar-refractivity contribution in [3.05, 3.63) is 59.2 Å². The smallest absolute Gasteiger partial charge is 0.258 e. The predicted octanol–water partition coefficient (Wildman–Crippen LogP) is 2.37. The Hall–Kier alpha value is -3.02. The fraction of sp³-hybridized carbons (Fsp3) is 0.300. The van der Waals surface area contributed by atoms with Crippen LogP contribution in [0.2, 0.25) is 0 Å². The number of carbonyl (C=O) groups is 2. The van der Waals surface area contributed by atoms with Gasteiger partial charge in [0.05, 0.1) is 18.7 Å². The van der Waals surface area contributed by atoms with Gasteiger partial charge in [0.25, 0.3) is 11.8 Å². The van der Waals surface area contributed by atoms with E-state index in [1.807, 2.05) is 18.2 Å². The third-order valence-corrected chi connectivity index (χ3v) is 4.52. The Labute approximate surface area is 152 Å². The molecule has 2 aromatic carbocycles. The zero-order valence-corrected chi connectivity index (χ0v) is 14.7. The van der Waals surface area contributed by atoms with Crippen LogP contribution in [0.4, 0.5) is 0 Å². The number of para-hydroxylation sites is 1. The van der Waals surface area contributed by atoms with E-state index in [-0.39, 0.29) is 29.9 Å². The van der Waals surface area contributed by atoms with Crippen molar-refractivity contribution >= 4 is 11.8 Å². The number of rotatable bonds is 6. The molecule has 0 heterocycles. The zero-order valence-electron chi connectivity index (χ0n) is 14.7. The topological polar surface area (TPSA) is 90.7 Å². The van der Waals surface area contributed by atoms with Gasteiger partial charge in [0.1, 0.15) is 0 Å². The maximum absolute atomic E-state index is 12.4. The molecule has 26 heavy (non-hydrogen) atoms. The third-order valence-electron chi connectivity index (χ3n) is 4.52. The van der Waals surface area contributed by atoms with E-state index >= 15 is 0 Å². The summed E-state index contributed by atoms with van der Waals surface area (Å²) in [5.41, 5.74) is 7.98. The van der Waals surface area contributed by atoms with Gasteiger partial charge < -0.3 is 20.5 Å². The zero-order chi connectivity index (χ0) is 18.5. The summed E-state index contributed by atoms with van der Waals surface area (Å²) in [6, 6.07) is 12.9. The average molecular weight is 354 g/mol. The molecular formula is C20H22N2O4. The number of aryl methyl sites for hydroxylation is 1. The lowest BCUT2D eigenvalue weighted by Crippen LogP contribution is -2.34. The van der Waals surface area contributed by atoms with E-state index in [1.165, 1.54) is 18.7 Å². The fourth-order valence-electron chi connectivity index (χ4n) is 3.30. The number of hydrogen-bond acceptors (Lipinski definition) is 4. The summed E-state index contributed by atoms with van der Waals surface area (Å²) in [4.78, 5) is 24.0. The highest BCUT2D eigenvalue weighted by Crippen LogP contribution is 2.31. The minimum atomic E-state index is -0.638. The van der Waals surface area contributed by atoms with E-state index in [1.54, 1.807) is 12.1 Å². The van der Waals surface area contributed by atoms with Crippen molar-refractivity contribution < 1.29 is 19.1 Å². The summed E-state index contributed by atoms with van der Waals surface area (Å²) in [6.07, 6.45) is 2.95. The van der Waals surface area contributed by atoms with E-state index in [9.17, 15) is 9.59 Å². The van der Waals surface area contributed by atoms with Crippen LogP contribution < -0.4 is 20.5 Å². The van der Waals surface area contributed by atoms with Gasteiger partial charge in [-0.05, 0) is 42.5 Å². The normalized spacial score (nSPS) is 15.7. The maximum Gasteiger partial charge on any atom is 0.258 e. The molecule has 0 spiro atoms. The quantitative estimate of drug-likeness (QED) is 0.833. The molecule has 6 nitrogen and oxygen atoms in total. The molecule has 0 unspecified atom stereocenters.